The van der Waals surface area contributed by atoms with Crippen molar-refractivity contribution in [3.63, 3.8) is 0 Å². The molecule has 18 heavy (non-hydrogen) atoms. The lowest BCUT2D eigenvalue weighted by atomic mass is 10.1. The van der Waals surface area contributed by atoms with Crippen LogP contribution in [-0.4, -0.2) is 10.9 Å². The first-order valence-electron chi connectivity index (χ1n) is 5.81. The minimum absolute atomic E-state index is 0.118. The van der Waals surface area contributed by atoms with E-state index in [2.05, 4.69) is 15.6 Å². The molecule has 0 radical (unpaired) electrons. The largest absolute Gasteiger partial charge is 0.338 e. The number of carbonyl (C=O) groups is 1. The molecule has 0 saturated heterocycles. The van der Waals surface area contributed by atoms with Gasteiger partial charge in [-0.3, -0.25) is 4.79 Å². The maximum atomic E-state index is 12.2. The van der Waals surface area contributed by atoms with Gasteiger partial charge in [0.15, 0.2) is 0 Å². The summed E-state index contributed by atoms with van der Waals surface area (Å²) in [5.74, 6) is 0.502. The third-order valence-electron chi connectivity index (χ3n) is 3.00. The van der Waals surface area contributed by atoms with Crippen molar-refractivity contribution in [2.75, 3.05) is 10.6 Å². The van der Waals surface area contributed by atoms with Gasteiger partial charge in [0, 0.05) is 5.69 Å². The van der Waals surface area contributed by atoms with Crippen LogP contribution in [0.3, 0.4) is 0 Å². The van der Waals surface area contributed by atoms with Crippen LogP contribution in [0.15, 0.2) is 30.3 Å². The Morgan fingerprint density at radius 1 is 1.06 bits per heavy atom. The van der Waals surface area contributed by atoms with Crippen molar-refractivity contribution in [3.8, 4) is 0 Å². The summed E-state index contributed by atoms with van der Waals surface area (Å²) in [7, 11) is 0. The van der Waals surface area contributed by atoms with Crippen molar-refractivity contribution in [2.45, 2.75) is 13.8 Å². The van der Waals surface area contributed by atoms with E-state index in [9.17, 15) is 4.79 Å². The minimum atomic E-state index is -0.118. The van der Waals surface area contributed by atoms with E-state index in [4.69, 9.17) is 0 Å². The van der Waals surface area contributed by atoms with Crippen LogP contribution in [-0.2, 0) is 0 Å². The van der Waals surface area contributed by atoms with Crippen LogP contribution in [0.5, 0.6) is 0 Å². The number of anilines is 3. The molecule has 90 valence electrons. The van der Waals surface area contributed by atoms with Gasteiger partial charge in [0.25, 0.3) is 5.91 Å². The smallest absolute Gasteiger partial charge is 0.259 e. The zero-order valence-corrected chi connectivity index (χ0v) is 10.2. The molecule has 1 amide bonds. The number of hydrogen-bond acceptors (Lipinski definition) is 3. The molecule has 0 fully saturated rings. The number of rotatable bonds is 0. The number of carbonyl (C=O) groups excluding carboxylic acids is 1. The highest BCUT2D eigenvalue weighted by atomic mass is 16.1. The van der Waals surface area contributed by atoms with Gasteiger partial charge >= 0.3 is 0 Å². The number of amides is 1. The van der Waals surface area contributed by atoms with Gasteiger partial charge in [0.2, 0.25) is 0 Å². The molecule has 1 aromatic heterocycles. The summed E-state index contributed by atoms with van der Waals surface area (Å²) in [4.78, 5) is 16.6. The molecule has 0 aliphatic carbocycles. The number of aromatic nitrogens is 1. The van der Waals surface area contributed by atoms with E-state index >= 15 is 0 Å². The van der Waals surface area contributed by atoms with Gasteiger partial charge in [0.05, 0.1) is 16.9 Å². The fraction of sp³-hybridized carbons (Fsp3) is 0.143. The molecule has 2 N–H and O–H groups in total. The highest BCUT2D eigenvalue weighted by molar-refractivity contribution is 6.12. The number of nitrogens with zero attached hydrogens (tertiary/aromatic N) is 1. The summed E-state index contributed by atoms with van der Waals surface area (Å²) in [6, 6.07) is 9.52. The first-order chi connectivity index (χ1) is 8.65. The summed E-state index contributed by atoms with van der Waals surface area (Å²) in [5, 5.41) is 6.12. The molecule has 1 aliphatic heterocycles. The quantitative estimate of drug-likeness (QED) is 0.743. The highest BCUT2D eigenvalue weighted by Gasteiger charge is 2.21. The van der Waals surface area contributed by atoms with E-state index < -0.39 is 0 Å². The van der Waals surface area contributed by atoms with Crippen LogP contribution in [0.1, 0.15) is 21.6 Å². The van der Waals surface area contributed by atoms with Crippen molar-refractivity contribution in [1.82, 2.24) is 4.98 Å². The lowest BCUT2D eigenvalue weighted by Gasteiger charge is -2.09. The Bertz CT molecular complexity index is 649. The van der Waals surface area contributed by atoms with E-state index in [-0.39, 0.29) is 5.91 Å². The van der Waals surface area contributed by atoms with E-state index in [1.54, 1.807) is 0 Å². The Hall–Kier alpha value is -2.36. The van der Waals surface area contributed by atoms with Crippen molar-refractivity contribution in [1.29, 1.82) is 0 Å². The van der Waals surface area contributed by atoms with E-state index in [1.807, 2.05) is 44.2 Å². The molecule has 0 atom stereocenters. The topological polar surface area (TPSA) is 54.0 Å². The molecule has 4 nitrogen and oxygen atoms in total. The number of para-hydroxylation sites is 2. The summed E-state index contributed by atoms with van der Waals surface area (Å²) in [6.45, 7) is 3.84. The molecule has 4 heteroatoms. The van der Waals surface area contributed by atoms with E-state index in [0.717, 1.165) is 22.6 Å². The number of pyridine rings is 1. The Morgan fingerprint density at radius 2 is 1.72 bits per heavy atom. The molecule has 0 unspecified atom stereocenters. The van der Waals surface area contributed by atoms with Gasteiger partial charge in [0.1, 0.15) is 5.82 Å². The van der Waals surface area contributed by atoms with Crippen LogP contribution >= 0.6 is 0 Å². The Balaban J connectivity index is 2.23. The van der Waals surface area contributed by atoms with Gasteiger partial charge in [-0.25, -0.2) is 4.98 Å². The fourth-order valence-electron chi connectivity index (χ4n) is 2.23. The number of nitrogens with one attached hydrogen (secondary N) is 2. The molecule has 3 rings (SSSR count). The molecule has 2 heterocycles. The van der Waals surface area contributed by atoms with Crippen molar-refractivity contribution in [2.24, 2.45) is 0 Å². The summed E-state index contributed by atoms with van der Waals surface area (Å²) in [5.41, 5.74) is 4.07. The molecular weight excluding hydrogens is 226 g/mol. The van der Waals surface area contributed by atoms with Crippen LogP contribution in [0.2, 0.25) is 0 Å². The van der Waals surface area contributed by atoms with Gasteiger partial charge in [-0.2, -0.15) is 0 Å². The van der Waals surface area contributed by atoms with Gasteiger partial charge in [-0.05, 0) is 37.6 Å². The standard InChI is InChI=1S/C14H13N3O/c1-8-7-9(2)15-13-12(8)14(18)17-11-6-4-3-5-10(11)16-13/h3-7H,1-2H3,(H,15,16)(H,17,18). The molecule has 0 saturated carbocycles. The van der Waals surface area contributed by atoms with Crippen LogP contribution in [0, 0.1) is 13.8 Å². The van der Waals surface area contributed by atoms with Gasteiger partial charge in [-0.1, -0.05) is 12.1 Å². The Morgan fingerprint density at radius 3 is 2.44 bits per heavy atom. The fourth-order valence-corrected chi connectivity index (χ4v) is 2.23. The average molecular weight is 239 g/mol. The zero-order valence-electron chi connectivity index (χ0n) is 10.2. The van der Waals surface area contributed by atoms with Crippen molar-refractivity contribution < 1.29 is 4.79 Å². The average Bonchev–Trinajstić information content (AvgIpc) is 2.43. The second-order valence-electron chi connectivity index (χ2n) is 4.43. The van der Waals surface area contributed by atoms with Crippen molar-refractivity contribution in [3.05, 3.63) is 47.2 Å². The van der Waals surface area contributed by atoms with Crippen molar-refractivity contribution >= 4 is 23.1 Å². The van der Waals surface area contributed by atoms with Gasteiger partial charge in [-0.15, -0.1) is 0 Å². The molecule has 1 aromatic carbocycles. The maximum absolute atomic E-state index is 12.2. The molecule has 2 aromatic rings. The van der Waals surface area contributed by atoms with Crippen LogP contribution < -0.4 is 10.6 Å². The first kappa shape index (κ1) is 10.8. The Kier molecular flexibility index (Phi) is 2.30. The summed E-state index contributed by atoms with van der Waals surface area (Å²) < 4.78 is 0. The minimum Gasteiger partial charge on any atom is -0.338 e. The van der Waals surface area contributed by atoms with E-state index in [0.29, 0.717) is 11.4 Å². The molecule has 0 spiro atoms. The predicted molar refractivity (Wildman–Crippen MR) is 71.4 cm³/mol. The van der Waals surface area contributed by atoms with Crippen LogP contribution in [0.4, 0.5) is 17.2 Å². The number of aryl methyl sites for hydroxylation is 2. The number of hydrogen-bond donors (Lipinski definition) is 2. The van der Waals surface area contributed by atoms with E-state index in [1.165, 1.54) is 0 Å². The van der Waals surface area contributed by atoms with Gasteiger partial charge < -0.3 is 10.6 Å². The monoisotopic (exact) mass is 239 g/mol. The lowest BCUT2D eigenvalue weighted by molar-refractivity contribution is 0.102. The molecule has 0 bridgehead atoms. The molecule has 1 aliphatic rings. The SMILES string of the molecule is Cc1cc(C)c2c(n1)Nc1ccccc1NC2=O. The Labute approximate surface area is 105 Å². The number of benzene rings is 1. The second-order valence-corrected chi connectivity index (χ2v) is 4.43. The summed E-state index contributed by atoms with van der Waals surface area (Å²) in [6.07, 6.45) is 0. The highest BCUT2D eigenvalue weighted by Crippen LogP contribution is 2.31. The lowest BCUT2D eigenvalue weighted by Crippen LogP contribution is -2.13. The second kappa shape index (κ2) is 3.84. The first-order valence-corrected chi connectivity index (χ1v) is 5.81. The maximum Gasteiger partial charge on any atom is 0.259 e. The third-order valence-corrected chi connectivity index (χ3v) is 3.00. The third kappa shape index (κ3) is 1.62. The number of fused-ring (bicyclic) bond motifs is 2. The zero-order chi connectivity index (χ0) is 12.7. The van der Waals surface area contributed by atoms with Crippen LogP contribution in [0.25, 0.3) is 0 Å². The predicted octanol–water partition coefficient (Wildman–Crippen LogP) is 3.01. The summed E-state index contributed by atoms with van der Waals surface area (Å²) >= 11 is 0. The normalized spacial score (nSPS) is 12.9. The molecular formula is C14H13N3O.